The van der Waals surface area contributed by atoms with E-state index in [1.807, 2.05) is 31.5 Å². The third-order valence-corrected chi connectivity index (χ3v) is 6.26. The Kier molecular flexibility index (Phi) is 4.65. The van der Waals surface area contributed by atoms with Gasteiger partial charge in [-0.2, -0.15) is 17.0 Å². The average molecular weight is 328 g/mol. The Labute approximate surface area is 132 Å². The Balaban J connectivity index is 2.09. The maximum Gasteiger partial charge on any atom is 0.281 e. The summed E-state index contributed by atoms with van der Waals surface area (Å²) in [6.45, 7) is 5.38. The molecule has 0 spiro atoms. The van der Waals surface area contributed by atoms with Crippen molar-refractivity contribution in [3.05, 3.63) is 23.0 Å². The number of carbonyl (C=O) groups excluding carboxylic acids is 1. The molecule has 124 valence electrons. The van der Waals surface area contributed by atoms with Gasteiger partial charge in [-0.25, -0.2) is 0 Å². The molecule has 0 bridgehead atoms. The normalized spacial score (nSPS) is 17.3. The van der Waals surface area contributed by atoms with Crippen LogP contribution < -0.4 is 0 Å². The lowest BCUT2D eigenvalue weighted by Gasteiger charge is -2.35. The summed E-state index contributed by atoms with van der Waals surface area (Å²) in [5, 5.41) is 0. The van der Waals surface area contributed by atoms with Gasteiger partial charge in [-0.3, -0.25) is 4.79 Å². The molecule has 8 heteroatoms. The molecule has 1 aromatic heterocycles. The number of amides is 1. The summed E-state index contributed by atoms with van der Waals surface area (Å²) in [5.41, 5.74) is 2.67. The van der Waals surface area contributed by atoms with Crippen LogP contribution in [0.15, 0.2) is 6.07 Å². The topological polar surface area (TPSA) is 65.9 Å². The van der Waals surface area contributed by atoms with Crippen LogP contribution in [0.4, 0.5) is 0 Å². The van der Waals surface area contributed by atoms with Gasteiger partial charge in [0, 0.05) is 58.7 Å². The Morgan fingerprint density at radius 1 is 1.14 bits per heavy atom. The number of hydrogen-bond donors (Lipinski definition) is 0. The van der Waals surface area contributed by atoms with E-state index in [-0.39, 0.29) is 5.91 Å². The van der Waals surface area contributed by atoms with Crippen molar-refractivity contribution in [2.45, 2.75) is 13.8 Å². The number of aryl methyl sites for hydroxylation is 1. The van der Waals surface area contributed by atoms with Gasteiger partial charge in [-0.1, -0.05) is 0 Å². The fourth-order valence-corrected chi connectivity index (χ4v) is 3.68. The third-order valence-electron chi connectivity index (χ3n) is 4.32. The van der Waals surface area contributed by atoms with Crippen molar-refractivity contribution in [1.29, 1.82) is 0 Å². The van der Waals surface area contributed by atoms with Crippen LogP contribution in [-0.4, -0.2) is 72.7 Å². The molecule has 0 aliphatic carbocycles. The van der Waals surface area contributed by atoms with E-state index in [0.29, 0.717) is 31.7 Å². The van der Waals surface area contributed by atoms with Gasteiger partial charge in [0.15, 0.2) is 0 Å². The fraction of sp³-hybridized carbons (Fsp3) is 0.643. The van der Waals surface area contributed by atoms with Gasteiger partial charge in [-0.05, 0) is 19.9 Å². The summed E-state index contributed by atoms with van der Waals surface area (Å²) in [7, 11) is 1.57. The Hall–Kier alpha value is -1.38. The molecule has 0 unspecified atom stereocenters. The lowest BCUT2D eigenvalue weighted by molar-refractivity contribution is 0.0694. The fourth-order valence-electron chi connectivity index (χ4n) is 2.60. The molecule has 0 N–H and O–H groups in total. The minimum absolute atomic E-state index is 0.0249. The zero-order valence-corrected chi connectivity index (χ0v) is 14.6. The predicted molar refractivity (Wildman–Crippen MR) is 85.0 cm³/mol. The highest BCUT2D eigenvalue weighted by atomic mass is 32.2. The van der Waals surface area contributed by atoms with Crippen molar-refractivity contribution in [3.8, 4) is 0 Å². The smallest absolute Gasteiger partial charge is 0.281 e. The molecule has 0 aromatic carbocycles. The molecular weight excluding hydrogens is 304 g/mol. The molecule has 1 aliphatic heterocycles. The Morgan fingerprint density at radius 2 is 1.68 bits per heavy atom. The molecule has 7 nitrogen and oxygen atoms in total. The first-order chi connectivity index (χ1) is 10.2. The van der Waals surface area contributed by atoms with Gasteiger partial charge < -0.3 is 9.47 Å². The average Bonchev–Trinajstić information content (AvgIpc) is 2.74. The van der Waals surface area contributed by atoms with Crippen molar-refractivity contribution >= 4 is 16.1 Å². The van der Waals surface area contributed by atoms with Crippen molar-refractivity contribution in [1.82, 2.24) is 18.1 Å². The van der Waals surface area contributed by atoms with Gasteiger partial charge in [-0.15, -0.1) is 0 Å². The van der Waals surface area contributed by atoms with E-state index in [1.54, 1.807) is 4.90 Å². The van der Waals surface area contributed by atoms with Crippen molar-refractivity contribution in [2.75, 3.05) is 40.3 Å². The Bertz CT molecular complexity index is 671. The highest BCUT2D eigenvalue weighted by Crippen LogP contribution is 2.18. The van der Waals surface area contributed by atoms with Gasteiger partial charge in [0.25, 0.3) is 16.1 Å². The molecule has 2 rings (SSSR count). The quantitative estimate of drug-likeness (QED) is 0.796. The molecule has 1 saturated heterocycles. The number of carbonyl (C=O) groups is 1. The summed E-state index contributed by atoms with van der Waals surface area (Å²) in [5.74, 6) is -0.0249. The highest BCUT2D eigenvalue weighted by Gasteiger charge is 2.31. The predicted octanol–water partition coefficient (Wildman–Crippen LogP) is 0.206. The van der Waals surface area contributed by atoms with E-state index >= 15 is 0 Å². The number of piperazine rings is 1. The molecule has 1 amide bonds. The van der Waals surface area contributed by atoms with Gasteiger partial charge in [0.05, 0.1) is 5.56 Å². The largest absolute Gasteiger partial charge is 0.351 e. The van der Waals surface area contributed by atoms with Crippen molar-refractivity contribution < 1.29 is 13.2 Å². The van der Waals surface area contributed by atoms with E-state index in [4.69, 9.17) is 0 Å². The molecular formula is C14H24N4O3S. The zero-order valence-electron chi connectivity index (χ0n) is 13.8. The highest BCUT2D eigenvalue weighted by molar-refractivity contribution is 7.86. The first-order valence-corrected chi connectivity index (χ1v) is 8.65. The van der Waals surface area contributed by atoms with E-state index in [0.717, 1.165) is 11.4 Å². The molecule has 0 saturated carbocycles. The van der Waals surface area contributed by atoms with Crippen LogP contribution in [0, 0.1) is 13.8 Å². The second-order valence-corrected chi connectivity index (χ2v) is 7.97. The molecule has 1 aliphatic rings. The molecule has 0 radical (unpaired) electrons. The summed E-state index contributed by atoms with van der Waals surface area (Å²) < 4.78 is 28.8. The van der Waals surface area contributed by atoms with Gasteiger partial charge in [0.1, 0.15) is 0 Å². The summed E-state index contributed by atoms with van der Waals surface area (Å²) in [6.07, 6.45) is 0. The summed E-state index contributed by atoms with van der Waals surface area (Å²) >= 11 is 0. The molecule has 1 fully saturated rings. The van der Waals surface area contributed by atoms with Gasteiger partial charge in [0.2, 0.25) is 0 Å². The van der Waals surface area contributed by atoms with Crippen molar-refractivity contribution in [3.63, 3.8) is 0 Å². The van der Waals surface area contributed by atoms with Gasteiger partial charge >= 0.3 is 0 Å². The molecule has 1 aromatic rings. The number of nitrogens with zero attached hydrogens (tertiary/aromatic N) is 4. The second-order valence-electron chi connectivity index (χ2n) is 5.83. The van der Waals surface area contributed by atoms with Crippen molar-refractivity contribution in [2.24, 2.45) is 7.05 Å². The van der Waals surface area contributed by atoms with E-state index < -0.39 is 10.2 Å². The van der Waals surface area contributed by atoms with Crippen LogP contribution in [0.5, 0.6) is 0 Å². The van der Waals surface area contributed by atoms with E-state index in [1.165, 1.54) is 22.7 Å². The number of hydrogen-bond acceptors (Lipinski definition) is 3. The van der Waals surface area contributed by atoms with Crippen LogP contribution in [0.25, 0.3) is 0 Å². The maximum atomic E-state index is 12.6. The Morgan fingerprint density at radius 3 is 2.09 bits per heavy atom. The van der Waals surface area contributed by atoms with Crippen LogP contribution >= 0.6 is 0 Å². The van der Waals surface area contributed by atoms with Crippen LogP contribution in [-0.2, 0) is 17.3 Å². The lowest BCUT2D eigenvalue weighted by Crippen LogP contribution is -2.53. The number of rotatable bonds is 3. The first kappa shape index (κ1) is 17.0. The molecule has 2 heterocycles. The summed E-state index contributed by atoms with van der Waals surface area (Å²) in [4.78, 5) is 14.3. The summed E-state index contributed by atoms with van der Waals surface area (Å²) in [6, 6.07) is 1.89. The van der Waals surface area contributed by atoms with E-state index in [2.05, 4.69) is 0 Å². The van der Waals surface area contributed by atoms with Crippen LogP contribution in [0.3, 0.4) is 0 Å². The van der Waals surface area contributed by atoms with E-state index in [9.17, 15) is 13.2 Å². The molecule has 22 heavy (non-hydrogen) atoms. The number of aromatic nitrogens is 1. The minimum atomic E-state index is -3.40. The van der Waals surface area contributed by atoms with Crippen LogP contribution in [0.2, 0.25) is 0 Å². The SMILES string of the molecule is Cc1cc(C(=O)N2CCN(S(=O)(=O)N(C)C)CC2)c(C)n1C. The maximum absolute atomic E-state index is 12.6. The second kappa shape index (κ2) is 6.02. The first-order valence-electron chi connectivity index (χ1n) is 7.26. The van der Waals surface area contributed by atoms with Crippen LogP contribution in [0.1, 0.15) is 21.7 Å². The third kappa shape index (κ3) is 2.90. The lowest BCUT2D eigenvalue weighted by atomic mass is 10.2. The minimum Gasteiger partial charge on any atom is -0.351 e. The monoisotopic (exact) mass is 328 g/mol. The molecule has 0 atom stereocenters. The zero-order chi connectivity index (χ0) is 16.7. The standard InChI is InChI=1S/C14H24N4O3S/c1-11-10-13(12(2)16(11)5)14(19)17-6-8-18(9-7-17)22(20,21)15(3)4/h10H,6-9H2,1-5H3.